The van der Waals surface area contributed by atoms with Gasteiger partial charge in [-0.2, -0.15) is 0 Å². The van der Waals surface area contributed by atoms with Crippen LogP contribution in [0.5, 0.6) is 0 Å². The molecule has 0 saturated heterocycles. The van der Waals surface area contributed by atoms with E-state index in [1.54, 1.807) is 0 Å². The van der Waals surface area contributed by atoms with Crippen molar-refractivity contribution in [1.29, 1.82) is 0 Å². The van der Waals surface area contributed by atoms with Crippen LogP contribution in [0.15, 0.2) is 48.5 Å². The zero-order valence-corrected chi connectivity index (χ0v) is 16.7. The molecule has 0 heterocycles. The third-order valence-corrected chi connectivity index (χ3v) is 10.1. The zero-order valence-electron chi connectivity index (χ0n) is 15.7. The van der Waals surface area contributed by atoms with E-state index in [-0.39, 0.29) is 5.04 Å². The van der Waals surface area contributed by atoms with Gasteiger partial charge in [0.1, 0.15) is 0 Å². The fourth-order valence-corrected chi connectivity index (χ4v) is 4.35. The first-order chi connectivity index (χ1) is 11.8. The maximum absolute atomic E-state index is 6.59. The highest BCUT2D eigenvalue weighted by atomic mass is 28.4. The minimum Gasteiger partial charge on any atom is -0.408 e. The first-order valence-electron chi connectivity index (χ1n) is 8.97. The Hall–Kier alpha value is -1.38. The van der Waals surface area contributed by atoms with Gasteiger partial charge in [0.2, 0.25) is 0 Å². The summed E-state index contributed by atoms with van der Waals surface area (Å²) in [6, 6.07) is 17.4. The maximum atomic E-state index is 6.59. The summed E-state index contributed by atoms with van der Waals surface area (Å²) in [6.07, 6.45) is 5.50. The van der Waals surface area contributed by atoms with Gasteiger partial charge in [-0.15, -0.1) is 0 Å². The Morgan fingerprint density at radius 1 is 0.680 bits per heavy atom. The van der Waals surface area contributed by atoms with Crippen LogP contribution in [0.3, 0.4) is 0 Å². The van der Waals surface area contributed by atoms with E-state index in [4.69, 9.17) is 4.43 Å². The summed E-state index contributed by atoms with van der Waals surface area (Å²) < 4.78 is 6.59. The van der Waals surface area contributed by atoms with Gasteiger partial charge in [-0.1, -0.05) is 69.3 Å². The molecule has 1 fully saturated rings. The van der Waals surface area contributed by atoms with Crippen molar-refractivity contribution in [3.8, 4) is 11.1 Å². The predicted molar refractivity (Wildman–Crippen MR) is 107 cm³/mol. The summed E-state index contributed by atoms with van der Waals surface area (Å²) in [6.45, 7) is 11.5. The number of hydrogen-bond donors (Lipinski definition) is 0. The lowest BCUT2D eigenvalue weighted by Gasteiger charge is -2.38. The molecule has 0 aromatic heterocycles. The second-order valence-electron chi connectivity index (χ2n) is 8.47. The van der Waals surface area contributed by atoms with E-state index in [0.29, 0.717) is 0 Å². The number of fused-ring (bicyclic) bond motifs is 6. The van der Waals surface area contributed by atoms with Gasteiger partial charge in [-0.05, 0) is 40.4 Å². The van der Waals surface area contributed by atoms with Gasteiger partial charge in [0.15, 0.2) is 8.32 Å². The van der Waals surface area contributed by atoms with Gasteiger partial charge in [0.25, 0.3) is 0 Å². The van der Waals surface area contributed by atoms with Crippen LogP contribution in [0.25, 0.3) is 11.1 Å². The van der Waals surface area contributed by atoms with E-state index in [1.807, 2.05) is 0 Å². The molecule has 2 aromatic carbocycles. The van der Waals surface area contributed by atoms with Crippen LogP contribution >= 0.6 is 0 Å². The zero-order chi connectivity index (χ0) is 17.8. The Balaban J connectivity index is 1.69. The van der Waals surface area contributed by atoms with E-state index in [9.17, 15) is 0 Å². The van der Waals surface area contributed by atoms with Crippen molar-refractivity contribution in [3.63, 3.8) is 0 Å². The second kappa shape index (κ2) is 5.82. The van der Waals surface area contributed by atoms with Gasteiger partial charge in [-0.25, -0.2) is 0 Å². The molecule has 0 aliphatic heterocycles. The lowest BCUT2D eigenvalue weighted by molar-refractivity contribution is 0.337. The monoisotopic (exact) mass is 345 g/mol. The van der Waals surface area contributed by atoms with E-state index >= 15 is 0 Å². The third-order valence-electron chi connectivity index (χ3n) is 5.77. The second-order valence-corrected chi connectivity index (χ2v) is 13.2. The van der Waals surface area contributed by atoms with E-state index < -0.39 is 8.32 Å². The summed E-state index contributed by atoms with van der Waals surface area (Å²) in [7, 11) is -1.84. The molecule has 5 radical (unpaired) electrons. The van der Waals surface area contributed by atoms with Crippen molar-refractivity contribution >= 4 is 8.32 Å². The molecule has 0 N–H and O–H groups in total. The number of rotatable bonds is 2. The van der Waals surface area contributed by atoms with Crippen molar-refractivity contribution < 1.29 is 4.43 Å². The fourth-order valence-electron chi connectivity index (χ4n) is 3.34. The topological polar surface area (TPSA) is 9.23 Å². The molecule has 2 aliphatic carbocycles. The Bertz CT molecular complexity index is 733. The summed E-state index contributed by atoms with van der Waals surface area (Å²) in [5.41, 5.74) is 5.24. The van der Waals surface area contributed by atoms with Crippen molar-refractivity contribution in [2.45, 2.75) is 38.9 Å². The van der Waals surface area contributed by atoms with Crippen molar-refractivity contribution in [3.05, 3.63) is 90.4 Å². The highest BCUT2D eigenvalue weighted by molar-refractivity contribution is 6.74. The molecule has 1 nitrogen and oxygen atoms in total. The van der Waals surface area contributed by atoms with Crippen molar-refractivity contribution in [1.82, 2.24) is 0 Å². The molecule has 1 saturated carbocycles. The summed E-state index contributed by atoms with van der Waals surface area (Å²) in [5.74, 6) is 2.59. The lowest BCUT2D eigenvalue weighted by atomic mass is 9.73. The molecule has 4 rings (SSSR count). The molecule has 2 aromatic rings. The highest BCUT2D eigenvalue weighted by Crippen LogP contribution is 2.55. The number of benzene rings is 2. The van der Waals surface area contributed by atoms with Gasteiger partial charge in [0, 0.05) is 24.7 Å². The van der Waals surface area contributed by atoms with E-state index in [0.717, 1.165) is 6.10 Å². The standard InChI is InChI=1S/C23H25OSi/c1-23(2,3)25(4,5)24-16-14-21-19-12-8-6-10-17(19)18-11-7-9-13-20(18)22(21)15-16/h6-15H,1-5H3. The molecular formula is C23H25OSi. The SMILES string of the molecule is CC(C)(C)[Si](C)(C)O[C]1[CH][C]2[C]([CH]1)c1ccccc1-c1ccccc12. The quantitative estimate of drug-likeness (QED) is 0.590. The van der Waals surface area contributed by atoms with Crippen molar-refractivity contribution in [2.24, 2.45) is 0 Å². The van der Waals surface area contributed by atoms with Gasteiger partial charge >= 0.3 is 0 Å². The van der Waals surface area contributed by atoms with Crippen LogP contribution in [0.2, 0.25) is 18.1 Å². The Kier molecular flexibility index (Phi) is 3.97. The third kappa shape index (κ3) is 2.80. The van der Waals surface area contributed by atoms with Gasteiger partial charge < -0.3 is 4.43 Å². The largest absolute Gasteiger partial charge is 0.408 e. The molecule has 0 spiro atoms. The number of hydrogen-bond acceptors (Lipinski definition) is 1. The molecule has 0 amide bonds. The average Bonchev–Trinajstić information content (AvgIpc) is 2.97. The van der Waals surface area contributed by atoms with Crippen LogP contribution in [-0.4, -0.2) is 8.32 Å². The Morgan fingerprint density at radius 2 is 1.08 bits per heavy atom. The average molecular weight is 346 g/mol. The van der Waals surface area contributed by atoms with E-state index in [1.165, 1.54) is 34.1 Å². The normalized spacial score (nSPS) is 18.8. The van der Waals surface area contributed by atoms with E-state index in [2.05, 4.69) is 95.2 Å². The highest BCUT2D eigenvalue weighted by Gasteiger charge is 2.47. The minimum absolute atomic E-state index is 0.195. The first kappa shape index (κ1) is 17.1. The smallest absolute Gasteiger partial charge is 0.193 e. The molecule has 25 heavy (non-hydrogen) atoms. The molecular weight excluding hydrogens is 320 g/mol. The van der Waals surface area contributed by atoms with Crippen molar-refractivity contribution in [2.75, 3.05) is 0 Å². The van der Waals surface area contributed by atoms with Crippen LogP contribution in [0.4, 0.5) is 0 Å². The fraction of sp³-hybridized carbons (Fsp3) is 0.261. The summed E-state index contributed by atoms with van der Waals surface area (Å²) in [4.78, 5) is 0. The Labute approximate surface area is 153 Å². The van der Waals surface area contributed by atoms with Crippen LogP contribution in [-0.2, 0) is 4.43 Å². The predicted octanol–water partition coefficient (Wildman–Crippen LogP) is 6.19. The van der Waals surface area contributed by atoms with Crippen LogP contribution in [0.1, 0.15) is 31.9 Å². The Morgan fingerprint density at radius 3 is 1.48 bits per heavy atom. The molecule has 2 heteroatoms. The van der Waals surface area contributed by atoms with Gasteiger partial charge in [0.05, 0.1) is 6.10 Å². The molecule has 0 atom stereocenters. The van der Waals surface area contributed by atoms with Crippen LogP contribution < -0.4 is 0 Å². The lowest BCUT2D eigenvalue weighted by Crippen LogP contribution is -2.41. The molecule has 0 bridgehead atoms. The molecule has 127 valence electrons. The molecule has 2 aliphatic rings. The molecule has 0 unspecified atom stereocenters. The van der Waals surface area contributed by atoms with Crippen LogP contribution in [0, 0.1) is 30.8 Å². The first-order valence-corrected chi connectivity index (χ1v) is 11.9. The summed E-state index contributed by atoms with van der Waals surface area (Å²) in [5, 5.41) is 0.195. The van der Waals surface area contributed by atoms with Gasteiger partial charge in [-0.3, -0.25) is 0 Å². The summed E-state index contributed by atoms with van der Waals surface area (Å²) >= 11 is 0. The minimum atomic E-state index is -1.84. The maximum Gasteiger partial charge on any atom is 0.193 e.